The van der Waals surface area contributed by atoms with Crippen molar-refractivity contribution in [2.75, 3.05) is 25.6 Å². The first-order valence-electron chi connectivity index (χ1n) is 18.3. The summed E-state index contributed by atoms with van der Waals surface area (Å²) in [5.41, 5.74) is -2.07. The fourth-order valence-electron chi connectivity index (χ4n) is 5.76. The third-order valence-electron chi connectivity index (χ3n) is 8.71. The third kappa shape index (κ3) is 17.7. The van der Waals surface area contributed by atoms with Crippen molar-refractivity contribution >= 4 is 19.6 Å². The van der Waals surface area contributed by atoms with Crippen LogP contribution in [0.1, 0.15) is 143 Å². The summed E-state index contributed by atoms with van der Waals surface area (Å²) in [5, 5.41) is 10.7. The highest BCUT2D eigenvalue weighted by atomic mass is 32.2. The van der Waals surface area contributed by atoms with Crippen LogP contribution in [0.15, 0.2) is 15.8 Å². The zero-order valence-electron chi connectivity index (χ0n) is 29.5. The summed E-state index contributed by atoms with van der Waals surface area (Å²) < 4.78 is 48.7. The van der Waals surface area contributed by atoms with Crippen LogP contribution in [0.3, 0.4) is 0 Å². The second-order valence-electron chi connectivity index (χ2n) is 12.9. The number of thioether (sulfide) groups is 1. The summed E-state index contributed by atoms with van der Waals surface area (Å²) in [6.07, 6.45) is 18.3. The number of rotatable bonds is 29. The molecule has 0 spiro atoms. The Morgan fingerprint density at radius 1 is 0.958 bits per heavy atom. The van der Waals surface area contributed by atoms with Crippen molar-refractivity contribution in [1.29, 1.82) is 0 Å². The van der Waals surface area contributed by atoms with Crippen molar-refractivity contribution in [3.63, 3.8) is 0 Å². The molecule has 1 aliphatic rings. The number of H-pyrrole nitrogens is 1. The Morgan fingerprint density at radius 2 is 1.56 bits per heavy atom. The van der Waals surface area contributed by atoms with Gasteiger partial charge in [0, 0.05) is 18.3 Å². The van der Waals surface area contributed by atoms with Crippen LogP contribution in [-0.2, 0) is 23.1 Å². The predicted molar refractivity (Wildman–Crippen MR) is 189 cm³/mol. The zero-order valence-corrected chi connectivity index (χ0v) is 31.2. The molecule has 0 radical (unpaired) electrons. The van der Waals surface area contributed by atoms with Gasteiger partial charge in [-0.15, -0.1) is 0 Å². The molecular formula is C34H62FN2O9PS. The van der Waals surface area contributed by atoms with Crippen LogP contribution in [0.25, 0.3) is 0 Å². The highest BCUT2D eigenvalue weighted by molar-refractivity contribution is 7.99. The lowest BCUT2D eigenvalue weighted by Gasteiger charge is -2.24. The molecule has 0 amide bonds. The van der Waals surface area contributed by atoms with Gasteiger partial charge in [-0.3, -0.25) is 23.4 Å². The maximum Gasteiger partial charge on any atom is 0.472 e. The van der Waals surface area contributed by atoms with E-state index in [1.54, 1.807) is 0 Å². The molecule has 0 saturated carbocycles. The van der Waals surface area contributed by atoms with Crippen LogP contribution < -0.4 is 11.2 Å². The molecule has 1 aliphatic heterocycles. The molecule has 0 aliphatic carbocycles. The molecule has 14 heteroatoms. The van der Waals surface area contributed by atoms with Crippen LogP contribution in [0.2, 0.25) is 0 Å². The summed E-state index contributed by atoms with van der Waals surface area (Å²) in [5.74, 6) is -0.0450. The van der Waals surface area contributed by atoms with E-state index in [1.807, 2.05) is 16.7 Å². The van der Waals surface area contributed by atoms with E-state index in [9.17, 15) is 28.5 Å². The standard InChI is InChI=1S/C34H62FN2O9PS/c1-4-6-8-10-11-12-13-14-16-18-23-48-31(20-17-15-9-7-5-2)27(3)43-21-19-22-44-47(41,42)45-26-30-29(38)24-32(46-30)37-25-28(35)33(39)36-34(37)40/h25,27,29-32,38H,4-24,26H2,1-3H3,(H,41,42)(H,36,39,40)/t27-,29-,30+,31?,32+/m0/s1. The van der Waals surface area contributed by atoms with Gasteiger partial charge >= 0.3 is 13.5 Å². The van der Waals surface area contributed by atoms with Crippen LogP contribution in [0.5, 0.6) is 0 Å². The van der Waals surface area contributed by atoms with Gasteiger partial charge in [-0.2, -0.15) is 16.2 Å². The molecule has 1 fully saturated rings. The van der Waals surface area contributed by atoms with Gasteiger partial charge in [-0.25, -0.2) is 9.36 Å². The molecule has 1 saturated heterocycles. The Hall–Kier alpha value is -1.05. The molecule has 1 aromatic rings. The molecule has 2 rings (SSSR count). The number of aliphatic hydroxyl groups is 1. The van der Waals surface area contributed by atoms with Crippen molar-refractivity contribution in [3.05, 3.63) is 32.9 Å². The fraction of sp³-hybridized carbons (Fsp3) is 0.882. The quantitative estimate of drug-likeness (QED) is 0.0556. The van der Waals surface area contributed by atoms with E-state index < -0.39 is 49.9 Å². The lowest BCUT2D eigenvalue weighted by molar-refractivity contribution is -0.0470. The molecule has 2 unspecified atom stereocenters. The summed E-state index contributed by atoms with van der Waals surface area (Å²) in [6, 6.07) is 0. The van der Waals surface area contributed by atoms with Crippen molar-refractivity contribution in [2.24, 2.45) is 0 Å². The fourth-order valence-corrected chi connectivity index (χ4v) is 7.88. The maximum absolute atomic E-state index is 13.7. The highest BCUT2D eigenvalue weighted by Gasteiger charge is 2.37. The number of nitrogens with one attached hydrogen (secondary N) is 1. The minimum Gasteiger partial charge on any atom is -0.390 e. The van der Waals surface area contributed by atoms with Gasteiger partial charge in [0.15, 0.2) is 0 Å². The Morgan fingerprint density at radius 3 is 2.21 bits per heavy atom. The Bertz CT molecular complexity index is 1160. The molecule has 11 nitrogen and oxygen atoms in total. The van der Waals surface area contributed by atoms with Gasteiger partial charge in [-0.1, -0.05) is 104 Å². The van der Waals surface area contributed by atoms with Gasteiger partial charge in [0.25, 0.3) is 5.56 Å². The SMILES string of the molecule is CCCCCCCCCCCCSC(CCCCCCC)[C@H](C)OCCCOP(=O)(O)OC[C@H]1O[C@@H](n2cc(F)c(=O)[nH]c2=O)C[C@@H]1O. The molecule has 2 heterocycles. The second kappa shape index (κ2) is 25.0. The molecule has 3 N–H and O–H groups in total. The largest absolute Gasteiger partial charge is 0.472 e. The molecule has 48 heavy (non-hydrogen) atoms. The molecule has 0 bridgehead atoms. The number of unbranched alkanes of at least 4 members (excludes halogenated alkanes) is 13. The summed E-state index contributed by atoms with van der Waals surface area (Å²) in [6.45, 7) is 6.42. The number of aromatic amines is 1. The number of ether oxygens (including phenoxy) is 2. The zero-order chi connectivity index (χ0) is 35.2. The number of phosphoric ester groups is 1. The van der Waals surface area contributed by atoms with E-state index in [-0.39, 0.29) is 19.1 Å². The predicted octanol–water partition coefficient (Wildman–Crippen LogP) is 7.64. The Labute approximate surface area is 290 Å². The average Bonchev–Trinajstić information content (AvgIpc) is 3.42. The maximum atomic E-state index is 13.7. The average molecular weight is 725 g/mol. The number of phosphoric acid groups is 1. The van der Waals surface area contributed by atoms with Crippen LogP contribution in [-0.4, -0.2) is 68.7 Å². The van der Waals surface area contributed by atoms with Crippen LogP contribution >= 0.6 is 19.6 Å². The topological polar surface area (TPSA) is 149 Å². The van der Waals surface area contributed by atoms with Gasteiger partial charge in [-0.05, 0) is 31.9 Å². The first kappa shape index (κ1) is 43.1. The molecule has 1 aromatic heterocycles. The monoisotopic (exact) mass is 724 g/mol. The van der Waals surface area contributed by atoms with Crippen LogP contribution in [0, 0.1) is 5.82 Å². The summed E-state index contributed by atoms with van der Waals surface area (Å²) in [7, 11) is -4.46. The van der Waals surface area contributed by atoms with E-state index >= 15 is 0 Å². The van der Waals surface area contributed by atoms with Crippen LogP contribution in [0.4, 0.5) is 4.39 Å². The van der Waals surface area contributed by atoms with Gasteiger partial charge in [0.05, 0.1) is 31.6 Å². The minimum absolute atomic E-state index is 0.0545. The van der Waals surface area contributed by atoms with Gasteiger partial charge < -0.3 is 19.5 Å². The van der Waals surface area contributed by atoms with Crippen molar-refractivity contribution in [1.82, 2.24) is 9.55 Å². The number of nitrogens with zero attached hydrogens (tertiary/aromatic N) is 1. The molecule has 0 aromatic carbocycles. The van der Waals surface area contributed by atoms with Crippen molar-refractivity contribution in [2.45, 2.75) is 166 Å². The second-order valence-corrected chi connectivity index (χ2v) is 15.7. The number of hydrogen-bond acceptors (Lipinski definition) is 9. The minimum atomic E-state index is -4.46. The lowest BCUT2D eigenvalue weighted by Crippen LogP contribution is -2.34. The smallest absolute Gasteiger partial charge is 0.390 e. The van der Waals surface area contributed by atoms with E-state index in [1.165, 1.54) is 96.3 Å². The Balaban J connectivity index is 1.67. The first-order valence-corrected chi connectivity index (χ1v) is 20.8. The van der Waals surface area contributed by atoms with E-state index in [0.717, 1.165) is 16.7 Å². The van der Waals surface area contributed by atoms with E-state index in [4.69, 9.17) is 18.5 Å². The normalized spacial score (nSPS) is 20.6. The molecule has 6 atom stereocenters. The van der Waals surface area contributed by atoms with Crippen molar-refractivity contribution in [3.8, 4) is 0 Å². The van der Waals surface area contributed by atoms with E-state index in [0.29, 0.717) is 24.5 Å². The highest BCUT2D eigenvalue weighted by Crippen LogP contribution is 2.44. The molecular weight excluding hydrogens is 662 g/mol. The number of hydrogen-bond donors (Lipinski definition) is 3. The van der Waals surface area contributed by atoms with Gasteiger partial charge in [0.2, 0.25) is 5.82 Å². The summed E-state index contributed by atoms with van der Waals surface area (Å²) in [4.78, 5) is 35.2. The summed E-state index contributed by atoms with van der Waals surface area (Å²) >= 11 is 2.01. The third-order valence-corrected chi connectivity index (χ3v) is 11.3. The van der Waals surface area contributed by atoms with E-state index in [2.05, 4.69) is 20.8 Å². The molecule has 280 valence electrons. The number of halogens is 1. The van der Waals surface area contributed by atoms with Crippen molar-refractivity contribution < 1.29 is 37.5 Å². The Kier molecular flexibility index (Phi) is 22.4. The number of aliphatic hydroxyl groups excluding tert-OH is 1. The van der Waals surface area contributed by atoms with Gasteiger partial charge in [0.1, 0.15) is 12.3 Å². The first-order chi connectivity index (χ1) is 23.1. The lowest BCUT2D eigenvalue weighted by atomic mass is 10.1. The number of aromatic nitrogens is 2.